The van der Waals surface area contributed by atoms with Crippen LogP contribution in [-0.2, 0) is 4.74 Å². The van der Waals surface area contributed by atoms with Gasteiger partial charge in [-0.15, -0.1) is 0 Å². The van der Waals surface area contributed by atoms with Crippen molar-refractivity contribution in [2.24, 2.45) is 23.7 Å². The smallest absolute Gasteiger partial charge is 0.410 e. The standard InChI is InChI=1S/C13H21NO2/c1-13(2,3)16-12(15)14-6-9-4-8-5-10(7-14)11(8)9/h8-11H,4-7H2,1-3H3. The van der Waals surface area contributed by atoms with E-state index < -0.39 is 0 Å². The summed E-state index contributed by atoms with van der Waals surface area (Å²) in [6, 6.07) is 0. The summed E-state index contributed by atoms with van der Waals surface area (Å²) in [6.45, 7) is 7.67. The second kappa shape index (κ2) is 3.14. The Balaban J connectivity index is 1.61. The molecule has 3 fully saturated rings. The molecule has 3 rings (SSSR count). The molecule has 0 N–H and O–H groups in total. The number of hydrogen-bond acceptors (Lipinski definition) is 2. The number of hydrogen-bond donors (Lipinski definition) is 0. The molecule has 1 aliphatic heterocycles. The van der Waals surface area contributed by atoms with Crippen molar-refractivity contribution in [2.45, 2.75) is 39.2 Å². The van der Waals surface area contributed by atoms with Crippen molar-refractivity contribution in [3.8, 4) is 0 Å². The molecule has 2 unspecified atom stereocenters. The second-order valence-electron chi connectivity index (χ2n) is 6.71. The Labute approximate surface area is 97.1 Å². The van der Waals surface area contributed by atoms with Crippen LogP contribution in [0.5, 0.6) is 0 Å². The molecule has 0 radical (unpaired) electrons. The zero-order valence-corrected chi connectivity index (χ0v) is 10.4. The lowest BCUT2D eigenvalue weighted by Crippen LogP contribution is -2.63. The Hall–Kier alpha value is -0.730. The van der Waals surface area contributed by atoms with Crippen molar-refractivity contribution in [3.05, 3.63) is 0 Å². The van der Waals surface area contributed by atoms with E-state index in [2.05, 4.69) is 0 Å². The highest BCUT2D eigenvalue weighted by Gasteiger charge is 2.57. The molecule has 0 aromatic rings. The minimum absolute atomic E-state index is 0.110. The Morgan fingerprint density at radius 1 is 1.12 bits per heavy atom. The van der Waals surface area contributed by atoms with Crippen LogP contribution in [0, 0.1) is 23.7 Å². The van der Waals surface area contributed by atoms with Crippen molar-refractivity contribution in [2.75, 3.05) is 13.1 Å². The number of carbonyl (C=O) groups excluding carboxylic acids is 1. The fourth-order valence-corrected chi connectivity index (χ4v) is 3.77. The molecule has 3 nitrogen and oxygen atoms in total. The molecule has 2 saturated carbocycles. The fraction of sp³-hybridized carbons (Fsp3) is 0.923. The third kappa shape index (κ3) is 1.52. The molecule has 3 heteroatoms. The Kier molecular flexibility index (Phi) is 2.05. The van der Waals surface area contributed by atoms with Crippen LogP contribution in [0.3, 0.4) is 0 Å². The van der Waals surface area contributed by atoms with Gasteiger partial charge in [-0.1, -0.05) is 0 Å². The lowest BCUT2D eigenvalue weighted by molar-refractivity contribution is -0.142. The van der Waals surface area contributed by atoms with Crippen LogP contribution in [-0.4, -0.2) is 29.7 Å². The van der Waals surface area contributed by atoms with Crippen LogP contribution in [0.1, 0.15) is 33.6 Å². The van der Waals surface area contributed by atoms with Gasteiger partial charge in [0.25, 0.3) is 0 Å². The molecule has 3 aliphatic rings. The predicted octanol–water partition coefficient (Wildman–Crippen LogP) is 2.51. The maximum absolute atomic E-state index is 12.0. The maximum Gasteiger partial charge on any atom is 0.410 e. The van der Waals surface area contributed by atoms with Crippen LogP contribution < -0.4 is 0 Å². The van der Waals surface area contributed by atoms with Gasteiger partial charge in [0.2, 0.25) is 0 Å². The predicted molar refractivity (Wildman–Crippen MR) is 61.0 cm³/mol. The fourth-order valence-electron chi connectivity index (χ4n) is 3.77. The summed E-state index contributed by atoms with van der Waals surface area (Å²) in [5.74, 6) is 3.53. The summed E-state index contributed by atoms with van der Waals surface area (Å²) in [6.07, 6.45) is 2.59. The highest BCUT2D eigenvalue weighted by atomic mass is 16.6. The van der Waals surface area contributed by atoms with Gasteiger partial charge in [-0.2, -0.15) is 0 Å². The molecule has 16 heavy (non-hydrogen) atoms. The summed E-state index contributed by atoms with van der Waals surface area (Å²) in [5, 5.41) is 0. The van der Waals surface area contributed by atoms with Crippen molar-refractivity contribution < 1.29 is 9.53 Å². The highest BCUT2D eigenvalue weighted by molar-refractivity contribution is 5.68. The summed E-state index contributed by atoms with van der Waals surface area (Å²) in [4.78, 5) is 13.9. The molecular weight excluding hydrogens is 202 g/mol. The number of rotatable bonds is 0. The molecule has 0 spiro atoms. The molecule has 1 saturated heterocycles. The number of ether oxygens (including phenoxy) is 1. The van der Waals surface area contributed by atoms with E-state index in [1.165, 1.54) is 12.8 Å². The van der Waals surface area contributed by atoms with Crippen molar-refractivity contribution in [1.82, 2.24) is 4.90 Å². The molecule has 0 bridgehead atoms. The number of nitrogens with zero attached hydrogens (tertiary/aromatic N) is 1. The summed E-state index contributed by atoms with van der Waals surface area (Å²) in [7, 11) is 0. The molecule has 0 aromatic carbocycles. The minimum atomic E-state index is -0.365. The largest absolute Gasteiger partial charge is 0.444 e. The topological polar surface area (TPSA) is 29.5 Å². The van der Waals surface area contributed by atoms with Crippen LogP contribution in [0.2, 0.25) is 0 Å². The molecule has 1 heterocycles. The average Bonchev–Trinajstić information content (AvgIpc) is 2.03. The number of piperidine rings is 1. The minimum Gasteiger partial charge on any atom is -0.444 e. The van der Waals surface area contributed by atoms with Gasteiger partial charge < -0.3 is 9.64 Å². The molecular formula is C13H21NO2. The van der Waals surface area contributed by atoms with Gasteiger partial charge in [0, 0.05) is 13.1 Å². The van der Waals surface area contributed by atoms with Crippen LogP contribution >= 0.6 is 0 Å². The van der Waals surface area contributed by atoms with E-state index in [0.717, 1.165) is 36.8 Å². The normalized spacial score (nSPS) is 40.6. The van der Waals surface area contributed by atoms with Gasteiger partial charge in [-0.25, -0.2) is 4.79 Å². The Morgan fingerprint density at radius 2 is 1.69 bits per heavy atom. The molecule has 2 aliphatic carbocycles. The Bertz CT molecular complexity index is 304. The first-order valence-corrected chi connectivity index (χ1v) is 6.42. The summed E-state index contributed by atoms with van der Waals surface area (Å²) < 4.78 is 5.44. The van der Waals surface area contributed by atoms with Crippen LogP contribution in [0.15, 0.2) is 0 Å². The first-order chi connectivity index (χ1) is 7.44. The van der Waals surface area contributed by atoms with E-state index in [1.54, 1.807) is 0 Å². The molecule has 90 valence electrons. The second-order valence-corrected chi connectivity index (χ2v) is 6.71. The zero-order valence-electron chi connectivity index (χ0n) is 10.4. The van der Waals surface area contributed by atoms with E-state index in [-0.39, 0.29) is 11.7 Å². The lowest BCUT2D eigenvalue weighted by atomic mass is 9.46. The molecule has 2 atom stereocenters. The van der Waals surface area contributed by atoms with Gasteiger partial charge in [0.05, 0.1) is 0 Å². The maximum atomic E-state index is 12.0. The summed E-state index contributed by atoms with van der Waals surface area (Å²) in [5.41, 5.74) is -0.365. The van der Waals surface area contributed by atoms with Crippen LogP contribution in [0.25, 0.3) is 0 Å². The van der Waals surface area contributed by atoms with Gasteiger partial charge in [-0.3, -0.25) is 0 Å². The van der Waals surface area contributed by atoms with E-state index in [0.29, 0.717) is 0 Å². The van der Waals surface area contributed by atoms with Crippen molar-refractivity contribution in [1.29, 1.82) is 0 Å². The first-order valence-electron chi connectivity index (χ1n) is 6.42. The number of carbonyl (C=O) groups is 1. The van der Waals surface area contributed by atoms with Gasteiger partial charge in [0.1, 0.15) is 5.60 Å². The molecule has 1 amide bonds. The average molecular weight is 223 g/mol. The van der Waals surface area contributed by atoms with Crippen molar-refractivity contribution in [3.63, 3.8) is 0 Å². The number of likely N-dealkylation sites (tertiary alicyclic amines) is 1. The third-order valence-corrected chi connectivity index (χ3v) is 4.41. The SMILES string of the molecule is CC(C)(C)OC(=O)N1CC2CC3CC(C1)C32. The summed E-state index contributed by atoms with van der Waals surface area (Å²) >= 11 is 0. The van der Waals surface area contributed by atoms with Gasteiger partial charge >= 0.3 is 6.09 Å². The zero-order chi connectivity index (χ0) is 11.5. The van der Waals surface area contributed by atoms with Crippen LogP contribution in [0.4, 0.5) is 4.79 Å². The van der Waals surface area contributed by atoms with Crippen molar-refractivity contribution >= 4 is 6.09 Å². The van der Waals surface area contributed by atoms with Gasteiger partial charge in [-0.05, 0) is 57.3 Å². The Morgan fingerprint density at radius 3 is 2.12 bits per heavy atom. The lowest BCUT2D eigenvalue weighted by Gasteiger charge is -2.63. The third-order valence-electron chi connectivity index (χ3n) is 4.41. The monoisotopic (exact) mass is 223 g/mol. The van der Waals surface area contributed by atoms with E-state index in [9.17, 15) is 4.79 Å². The van der Waals surface area contributed by atoms with E-state index >= 15 is 0 Å². The first kappa shape index (κ1) is 10.4. The molecule has 0 aromatic heterocycles. The van der Waals surface area contributed by atoms with Gasteiger partial charge in [0.15, 0.2) is 0 Å². The quantitative estimate of drug-likeness (QED) is 0.631. The number of amides is 1. The van der Waals surface area contributed by atoms with E-state index in [4.69, 9.17) is 4.74 Å². The highest BCUT2D eigenvalue weighted by Crippen LogP contribution is 2.60. The van der Waals surface area contributed by atoms with E-state index in [1.807, 2.05) is 25.7 Å².